The highest BCUT2D eigenvalue weighted by molar-refractivity contribution is 8.02. The van der Waals surface area contributed by atoms with E-state index in [1.54, 1.807) is 30.0 Å². The molecule has 1 fully saturated rings. The molecule has 1 aromatic heterocycles. The summed E-state index contributed by atoms with van der Waals surface area (Å²) < 4.78 is 16.3. The first kappa shape index (κ1) is 19.4. The van der Waals surface area contributed by atoms with Crippen molar-refractivity contribution in [1.29, 1.82) is 0 Å². The Labute approximate surface area is 164 Å². The summed E-state index contributed by atoms with van der Waals surface area (Å²) >= 11 is 1.57. The van der Waals surface area contributed by atoms with Crippen LogP contribution in [0.3, 0.4) is 0 Å². The van der Waals surface area contributed by atoms with Gasteiger partial charge in [-0.3, -0.25) is 0 Å². The molecular weight excluding hydrogens is 388 g/mol. The lowest BCUT2D eigenvalue weighted by Gasteiger charge is -2.39. The minimum absolute atomic E-state index is 0.0469. The van der Waals surface area contributed by atoms with E-state index < -0.39 is 42.9 Å². The molecule has 28 heavy (non-hydrogen) atoms. The van der Waals surface area contributed by atoms with Crippen molar-refractivity contribution < 1.29 is 34.3 Å². The van der Waals surface area contributed by atoms with Gasteiger partial charge in [0.15, 0.2) is 0 Å². The van der Waals surface area contributed by atoms with Gasteiger partial charge in [-0.1, -0.05) is 6.08 Å². The molecule has 0 amide bonds. The van der Waals surface area contributed by atoms with Crippen molar-refractivity contribution >= 4 is 22.7 Å². The number of hydrogen-bond acceptors (Lipinski definition) is 9. The van der Waals surface area contributed by atoms with Gasteiger partial charge in [0.2, 0.25) is 6.29 Å². The summed E-state index contributed by atoms with van der Waals surface area (Å²) in [6.07, 6.45) is -4.10. The van der Waals surface area contributed by atoms with E-state index in [0.717, 1.165) is 11.8 Å². The number of aliphatic hydroxyl groups excluding tert-OH is 4. The largest absolute Gasteiger partial charge is 0.462 e. The molecule has 4 N–H and O–H groups in total. The van der Waals surface area contributed by atoms with E-state index in [-0.39, 0.29) is 11.0 Å². The lowest BCUT2D eigenvalue weighted by atomic mass is 9.99. The van der Waals surface area contributed by atoms with Gasteiger partial charge in [-0.15, -0.1) is 11.8 Å². The summed E-state index contributed by atoms with van der Waals surface area (Å²) in [4.78, 5) is 12.3. The molecule has 3 heterocycles. The fraction of sp³-hybridized carbons (Fsp3) is 0.421. The molecule has 1 aromatic carbocycles. The van der Waals surface area contributed by atoms with Crippen molar-refractivity contribution in [1.82, 2.24) is 0 Å². The van der Waals surface area contributed by atoms with Crippen LogP contribution in [0.15, 0.2) is 45.0 Å². The Morgan fingerprint density at radius 2 is 1.96 bits per heavy atom. The van der Waals surface area contributed by atoms with Crippen LogP contribution in [-0.4, -0.2) is 57.7 Å². The van der Waals surface area contributed by atoms with Crippen LogP contribution in [0.1, 0.15) is 17.2 Å². The summed E-state index contributed by atoms with van der Waals surface area (Å²) in [5.74, 6) is 0.240. The molecule has 0 radical (unpaired) electrons. The van der Waals surface area contributed by atoms with Crippen LogP contribution in [-0.2, 0) is 4.74 Å². The zero-order valence-electron chi connectivity index (χ0n) is 14.7. The Balaban J connectivity index is 1.58. The van der Waals surface area contributed by atoms with Gasteiger partial charge in [0.1, 0.15) is 35.7 Å². The maximum Gasteiger partial charge on any atom is 0.340 e. The molecule has 8 nitrogen and oxygen atoms in total. The Hall–Kier alpha value is -1.88. The van der Waals surface area contributed by atoms with Crippen LogP contribution < -0.4 is 10.4 Å². The topological polar surface area (TPSA) is 130 Å². The van der Waals surface area contributed by atoms with E-state index in [4.69, 9.17) is 13.9 Å². The molecule has 0 spiro atoms. The number of benzene rings is 1. The summed E-state index contributed by atoms with van der Waals surface area (Å²) in [6, 6.07) is 6.62. The molecule has 0 saturated carbocycles. The minimum Gasteiger partial charge on any atom is -0.462 e. The predicted molar refractivity (Wildman–Crippen MR) is 101 cm³/mol. The van der Waals surface area contributed by atoms with Gasteiger partial charge in [0.05, 0.1) is 12.2 Å². The van der Waals surface area contributed by atoms with Gasteiger partial charge in [0, 0.05) is 16.7 Å². The molecule has 0 bridgehead atoms. The van der Waals surface area contributed by atoms with E-state index >= 15 is 0 Å². The van der Waals surface area contributed by atoms with Crippen molar-refractivity contribution in [2.75, 3.05) is 6.61 Å². The average molecular weight is 408 g/mol. The van der Waals surface area contributed by atoms with Crippen LogP contribution in [0.4, 0.5) is 0 Å². The highest BCUT2D eigenvalue weighted by atomic mass is 32.2. The molecule has 2 aromatic rings. The molecule has 2 unspecified atom stereocenters. The van der Waals surface area contributed by atoms with E-state index in [1.165, 1.54) is 6.07 Å². The molecule has 9 heteroatoms. The number of allylic oxidation sites excluding steroid dienone is 1. The second-order valence-electron chi connectivity index (χ2n) is 6.74. The normalized spacial score (nSPS) is 32.7. The smallest absolute Gasteiger partial charge is 0.340 e. The van der Waals surface area contributed by atoms with Crippen LogP contribution in [0.2, 0.25) is 0 Å². The fourth-order valence-electron chi connectivity index (χ4n) is 3.29. The monoisotopic (exact) mass is 408 g/mol. The Morgan fingerprint density at radius 1 is 1.14 bits per heavy atom. The first-order valence-electron chi connectivity index (χ1n) is 8.83. The zero-order valence-corrected chi connectivity index (χ0v) is 15.5. The number of hydrogen-bond donors (Lipinski definition) is 4. The number of ether oxygens (including phenoxy) is 2. The number of rotatable bonds is 4. The quantitative estimate of drug-likeness (QED) is 0.539. The Bertz CT molecular complexity index is 931. The molecule has 1 saturated heterocycles. The average Bonchev–Trinajstić information content (AvgIpc) is 3.22. The van der Waals surface area contributed by atoms with Crippen molar-refractivity contribution in [2.45, 2.75) is 42.4 Å². The van der Waals surface area contributed by atoms with E-state index in [0.29, 0.717) is 11.1 Å². The summed E-state index contributed by atoms with van der Waals surface area (Å²) in [7, 11) is 0. The lowest BCUT2D eigenvalue weighted by Crippen LogP contribution is -2.60. The van der Waals surface area contributed by atoms with Crippen molar-refractivity contribution in [3.63, 3.8) is 0 Å². The van der Waals surface area contributed by atoms with Gasteiger partial charge in [-0.05, 0) is 30.0 Å². The highest BCUT2D eigenvalue weighted by Crippen LogP contribution is 2.38. The highest BCUT2D eigenvalue weighted by Gasteiger charge is 2.44. The summed E-state index contributed by atoms with van der Waals surface area (Å²) in [5, 5.41) is 41.7. The molecule has 150 valence electrons. The third-order valence-corrected chi connectivity index (χ3v) is 6.00. The van der Waals surface area contributed by atoms with Crippen LogP contribution in [0, 0.1) is 0 Å². The maximum atomic E-state index is 12.3. The Kier molecular flexibility index (Phi) is 5.46. The van der Waals surface area contributed by atoms with E-state index in [9.17, 15) is 25.2 Å². The Morgan fingerprint density at radius 3 is 2.68 bits per heavy atom. The number of fused-ring (bicyclic) bond motifs is 1. The third kappa shape index (κ3) is 3.57. The van der Waals surface area contributed by atoms with E-state index in [1.807, 2.05) is 11.5 Å². The van der Waals surface area contributed by atoms with E-state index in [2.05, 4.69) is 0 Å². The maximum absolute atomic E-state index is 12.3. The van der Waals surface area contributed by atoms with Crippen LogP contribution in [0.25, 0.3) is 11.0 Å². The minimum atomic E-state index is -1.53. The zero-order chi connectivity index (χ0) is 19.8. The van der Waals surface area contributed by atoms with Crippen molar-refractivity contribution in [2.24, 2.45) is 0 Å². The fourth-order valence-corrected chi connectivity index (χ4v) is 4.23. The standard InChI is InChI=1S/C19H20O8S/c20-8-13-15(21)16(22)17(23)19(27-13)25-10-4-3-9-6-11(14-2-1-5-28-14)18(24)26-12(9)7-10/h1,3-7,13-17,19-23H,2,8H2/t13-,14?,15+,16+,17-,19?/m1/s1. The first-order chi connectivity index (χ1) is 13.5. The van der Waals surface area contributed by atoms with Gasteiger partial charge >= 0.3 is 5.63 Å². The van der Waals surface area contributed by atoms with Gasteiger partial charge in [-0.2, -0.15) is 0 Å². The number of aliphatic hydroxyl groups is 4. The van der Waals surface area contributed by atoms with Crippen LogP contribution >= 0.6 is 11.8 Å². The molecule has 6 atom stereocenters. The SMILES string of the molecule is O=c1oc2cc(OC3O[C@H](CO)[C@H](O)[C@H](O)[C@H]3O)ccc2cc1C1CC=CS1. The third-order valence-electron chi connectivity index (χ3n) is 4.87. The van der Waals surface area contributed by atoms with Crippen molar-refractivity contribution in [3.05, 3.63) is 51.7 Å². The van der Waals surface area contributed by atoms with Crippen LogP contribution in [0.5, 0.6) is 5.75 Å². The second kappa shape index (κ2) is 7.86. The van der Waals surface area contributed by atoms with Gasteiger partial charge < -0.3 is 34.3 Å². The molecule has 2 aliphatic rings. The lowest BCUT2D eigenvalue weighted by molar-refractivity contribution is -0.277. The van der Waals surface area contributed by atoms with Gasteiger partial charge in [0.25, 0.3) is 0 Å². The number of thioether (sulfide) groups is 1. The molecule has 2 aliphatic heterocycles. The predicted octanol–water partition coefficient (Wildman–Crippen LogP) is 0.663. The summed E-state index contributed by atoms with van der Waals surface area (Å²) in [6.45, 7) is -0.547. The molecular formula is C19H20O8S. The summed E-state index contributed by atoms with van der Waals surface area (Å²) in [5.41, 5.74) is 0.496. The second-order valence-corrected chi connectivity index (χ2v) is 7.85. The molecule has 4 rings (SSSR count). The van der Waals surface area contributed by atoms with Gasteiger partial charge in [-0.25, -0.2) is 4.79 Å². The van der Waals surface area contributed by atoms with Crippen molar-refractivity contribution in [3.8, 4) is 5.75 Å². The first-order valence-corrected chi connectivity index (χ1v) is 9.77. The molecule has 0 aliphatic carbocycles.